The first-order valence-electron chi connectivity index (χ1n) is 10.8. The van der Waals surface area contributed by atoms with Crippen LogP contribution in [-0.2, 0) is 14.8 Å². The van der Waals surface area contributed by atoms with Gasteiger partial charge in [0, 0.05) is 25.2 Å². The number of aryl methyl sites for hydroxylation is 2. The Hall–Kier alpha value is -3.30. The molecule has 9 heteroatoms. The Bertz CT molecular complexity index is 1240. The van der Waals surface area contributed by atoms with Crippen molar-refractivity contribution in [1.29, 1.82) is 0 Å². The summed E-state index contributed by atoms with van der Waals surface area (Å²) >= 11 is 0. The van der Waals surface area contributed by atoms with Crippen molar-refractivity contribution >= 4 is 33.8 Å². The van der Waals surface area contributed by atoms with Crippen LogP contribution in [0.5, 0.6) is 0 Å². The molecule has 1 fully saturated rings. The fraction of sp³-hybridized carbons (Fsp3) is 0.292. The molecular weight excluding hydrogens is 440 g/mol. The molecule has 172 valence electrons. The number of nitrogens with one attached hydrogen (secondary N) is 1. The molecule has 0 bridgehead atoms. The molecule has 4 rings (SSSR count). The van der Waals surface area contributed by atoms with E-state index in [0.29, 0.717) is 24.2 Å². The van der Waals surface area contributed by atoms with E-state index < -0.39 is 10.0 Å². The molecule has 8 nitrogen and oxygen atoms in total. The van der Waals surface area contributed by atoms with E-state index in [0.717, 1.165) is 11.1 Å². The van der Waals surface area contributed by atoms with Gasteiger partial charge in [0.1, 0.15) is 5.69 Å². The number of hydrogen-bond donors (Lipinski definition) is 1. The number of rotatable bonds is 6. The van der Waals surface area contributed by atoms with Crippen LogP contribution < -0.4 is 5.32 Å². The fourth-order valence-corrected chi connectivity index (χ4v) is 5.54. The largest absolute Gasteiger partial charge is 0.355 e. The smallest absolute Gasteiger partial charge is 0.248 e. The third kappa shape index (κ3) is 5.20. The van der Waals surface area contributed by atoms with Crippen LogP contribution >= 0.6 is 0 Å². The Kier molecular flexibility index (Phi) is 6.71. The van der Waals surface area contributed by atoms with Crippen molar-refractivity contribution in [2.24, 2.45) is 5.92 Å². The summed E-state index contributed by atoms with van der Waals surface area (Å²) in [5.74, 6) is -0.187. The number of nitrogens with zero attached hydrogens (tertiary/aromatic N) is 3. The summed E-state index contributed by atoms with van der Waals surface area (Å²) in [6.45, 7) is 4.12. The van der Waals surface area contributed by atoms with Crippen LogP contribution in [-0.4, -0.2) is 41.9 Å². The van der Waals surface area contributed by atoms with Crippen LogP contribution in [0.4, 0.5) is 5.69 Å². The first kappa shape index (κ1) is 22.9. The lowest BCUT2D eigenvalue weighted by Gasteiger charge is -2.30. The van der Waals surface area contributed by atoms with Gasteiger partial charge < -0.3 is 9.84 Å². The van der Waals surface area contributed by atoms with Gasteiger partial charge in [-0.3, -0.25) is 9.78 Å². The number of pyridine rings is 1. The van der Waals surface area contributed by atoms with E-state index in [1.165, 1.54) is 4.31 Å². The van der Waals surface area contributed by atoms with E-state index in [4.69, 9.17) is 4.52 Å². The van der Waals surface area contributed by atoms with Gasteiger partial charge in [-0.2, -0.15) is 4.31 Å². The molecule has 3 aromatic rings. The number of aromatic nitrogens is 2. The van der Waals surface area contributed by atoms with Gasteiger partial charge in [0.25, 0.3) is 0 Å². The minimum Gasteiger partial charge on any atom is -0.355 e. The topological polar surface area (TPSA) is 105 Å². The summed E-state index contributed by atoms with van der Waals surface area (Å²) in [6, 6.07) is 11.4. The molecule has 0 aliphatic carbocycles. The highest BCUT2D eigenvalue weighted by Crippen LogP contribution is 2.29. The molecule has 1 aliphatic rings. The minimum absolute atomic E-state index is 0.0733. The number of hydrogen-bond acceptors (Lipinski definition) is 6. The van der Waals surface area contributed by atoms with Gasteiger partial charge in [-0.25, -0.2) is 8.42 Å². The molecule has 1 saturated heterocycles. The lowest BCUT2D eigenvalue weighted by Crippen LogP contribution is -2.41. The molecule has 1 aromatic carbocycles. The molecule has 0 radical (unpaired) electrons. The molecule has 33 heavy (non-hydrogen) atoms. The third-order valence-corrected chi connectivity index (χ3v) is 7.75. The quantitative estimate of drug-likeness (QED) is 0.591. The summed E-state index contributed by atoms with van der Waals surface area (Å²) in [5, 5.41) is 6.74. The van der Waals surface area contributed by atoms with Crippen molar-refractivity contribution in [3.8, 4) is 0 Å². The molecule has 0 atom stereocenters. The van der Waals surface area contributed by atoms with Crippen molar-refractivity contribution in [1.82, 2.24) is 14.4 Å². The third-order valence-electron chi connectivity index (χ3n) is 5.69. The zero-order valence-corrected chi connectivity index (χ0v) is 19.4. The van der Waals surface area contributed by atoms with E-state index >= 15 is 0 Å². The summed E-state index contributed by atoms with van der Waals surface area (Å²) in [6.07, 6.45) is 7.52. The van der Waals surface area contributed by atoms with Crippen LogP contribution in [0, 0.1) is 19.8 Å². The molecule has 0 saturated carbocycles. The summed E-state index contributed by atoms with van der Waals surface area (Å²) < 4.78 is 33.5. The van der Waals surface area contributed by atoms with E-state index in [1.807, 2.05) is 31.2 Å². The Labute approximate surface area is 193 Å². The van der Waals surface area contributed by atoms with Gasteiger partial charge in [0.05, 0.1) is 11.9 Å². The minimum atomic E-state index is -3.82. The average Bonchev–Trinajstić information content (AvgIpc) is 3.20. The van der Waals surface area contributed by atoms with Crippen LogP contribution in [0.2, 0.25) is 0 Å². The monoisotopic (exact) mass is 466 g/mol. The van der Waals surface area contributed by atoms with Gasteiger partial charge in [-0.05, 0) is 50.5 Å². The predicted molar refractivity (Wildman–Crippen MR) is 126 cm³/mol. The second-order valence-corrected chi connectivity index (χ2v) is 9.99. The highest BCUT2D eigenvalue weighted by Gasteiger charge is 2.35. The maximum atomic E-state index is 13.4. The van der Waals surface area contributed by atoms with E-state index in [2.05, 4.69) is 15.5 Å². The molecule has 3 heterocycles. The van der Waals surface area contributed by atoms with E-state index in [-0.39, 0.29) is 35.6 Å². The first-order valence-corrected chi connectivity index (χ1v) is 12.2. The molecule has 0 spiro atoms. The SMILES string of the molecule is Cc1ccc(/C=C/c2onc(C)c2S(=O)(=O)N2CCC(C(=O)Nc3cccnc3)CC2)cc1. The van der Waals surface area contributed by atoms with Crippen LogP contribution in [0.3, 0.4) is 0 Å². The maximum Gasteiger partial charge on any atom is 0.248 e. The molecular formula is C24H26N4O4S. The van der Waals surface area contributed by atoms with Gasteiger partial charge in [-0.15, -0.1) is 0 Å². The lowest BCUT2D eigenvalue weighted by atomic mass is 9.97. The zero-order chi connectivity index (χ0) is 23.4. The Balaban J connectivity index is 1.45. The predicted octanol–water partition coefficient (Wildman–Crippen LogP) is 3.90. The van der Waals surface area contributed by atoms with Gasteiger partial charge in [-0.1, -0.05) is 41.1 Å². The highest BCUT2D eigenvalue weighted by molar-refractivity contribution is 7.89. The standard InChI is InChI=1S/C24H26N4O4S/c1-17-5-7-19(8-6-17)9-10-22-23(18(2)27-32-22)33(30,31)28-14-11-20(12-15-28)24(29)26-21-4-3-13-25-16-21/h3-10,13,16,20H,11-12,14-15H2,1-2H3,(H,26,29)/b10-9+. The van der Waals surface area contributed by atoms with E-state index in [9.17, 15) is 13.2 Å². The number of sulfonamides is 1. The number of benzene rings is 1. The Morgan fingerprint density at radius 3 is 2.52 bits per heavy atom. The van der Waals surface area contributed by atoms with Crippen LogP contribution in [0.25, 0.3) is 12.2 Å². The van der Waals surface area contributed by atoms with Crippen molar-refractivity contribution in [2.45, 2.75) is 31.6 Å². The van der Waals surface area contributed by atoms with Crippen LogP contribution in [0.15, 0.2) is 58.2 Å². The summed E-state index contributed by atoms with van der Waals surface area (Å²) in [5.41, 5.74) is 3.01. The number of amides is 1. The number of carbonyl (C=O) groups is 1. The zero-order valence-electron chi connectivity index (χ0n) is 18.6. The van der Waals surface area contributed by atoms with Crippen molar-refractivity contribution < 1.29 is 17.7 Å². The second kappa shape index (κ2) is 9.68. The molecule has 1 aliphatic heterocycles. The van der Waals surface area contributed by atoms with Gasteiger partial charge in [0.2, 0.25) is 15.9 Å². The van der Waals surface area contributed by atoms with Gasteiger partial charge >= 0.3 is 0 Å². The second-order valence-electron chi connectivity index (χ2n) is 8.11. The van der Waals surface area contributed by atoms with Crippen LogP contribution in [0.1, 0.15) is 35.4 Å². The molecule has 1 amide bonds. The first-order chi connectivity index (χ1) is 15.8. The highest BCUT2D eigenvalue weighted by atomic mass is 32.2. The van der Waals surface area contributed by atoms with Gasteiger partial charge in [0.15, 0.2) is 10.7 Å². The van der Waals surface area contributed by atoms with E-state index in [1.54, 1.807) is 43.6 Å². The fourth-order valence-electron chi connectivity index (χ4n) is 3.82. The lowest BCUT2D eigenvalue weighted by molar-refractivity contribution is -0.120. The molecule has 2 aromatic heterocycles. The molecule has 0 unspecified atom stereocenters. The summed E-state index contributed by atoms with van der Waals surface area (Å²) in [7, 11) is -3.82. The normalized spacial score (nSPS) is 15.7. The Morgan fingerprint density at radius 2 is 1.85 bits per heavy atom. The number of carbonyl (C=O) groups excluding carboxylic acids is 1. The van der Waals surface area contributed by atoms with Crippen molar-refractivity contribution in [3.63, 3.8) is 0 Å². The number of anilines is 1. The van der Waals surface area contributed by atoms with Crippen molar-refractivity contribution in [2.75, 3.05) is 18.4 Å². The Morgan fingerprint density at radius 1 is 1.12 bits per heavy atom. The summed E-state index contributed by atoms with van der Waals surface area (Å²) in [4.78, 5) is 16.6. The molecule has 1 N–H and O–H groups in total. The number of piperidine rings is 1. The maximum absolute atomic E-state index is 13.4. The van der Waals surface area contributed by atoms with Crippen molar-refractivity contribution in [3.05, 3.63) is 71.4 Å². The average molecular weight is 467 g/mol.